The van der Waals surface area contributed by atoms with Crippen LogP contribution in [0, 0.1) is 5.92 Å². The van der Waals surface area contributed by atoms with Gasteiger partial charge in [0, 0.05) is 11.3 Å². The van der Waals surface area contributed by atoms with Gasteiger partial charge in [0.05, 0.1) is 28.5 Å². The van der Waals surface area contributed by atoms with Gasteiger partial charge in [0.15, 0.2) is 5.78 Å². The molecule has 0 unspecified atom stereocenters. The summed E-state index contributed by atoms with van der Waals surface area (Å²) in [5.41, 5.74) is 1.05. The monoisotopic (exact) mass is 512 g/mol. The first-order valence-electron chi connectivity index (χ1n) is 12.1. The number of hydrogen-bond acceptors (Lipinski definition) is 8. The molecule has 0 aromatic carbocycles. The number of anilines is 2. The minimum Gasteiger partial charge on any atom is -0.466 e. The van der Waals surface area contributed by atoms with Gasteiger partial charge in [-0.05, 0) is 50.7 Å². The molecule has 1 atom stereocenters. The normalized spacial score (nSPS) is 20.3. The lowest BCUT2D eigenvalue weighted by molar-refractivity contribution is -0.148. The Kier molecular flexibility index (Phi) is 5.45. The van der Waals surface area contributed by atoms with Crippen LogP contribution in [0.5, 0.6) is 0 Å². The van der Waals surface area contributed by atoms with E-state index in [0.29, 0.717) is 49.5 Å². The Morgan fingerprint density at radius 3 is 2.89 bits per heavy atom. The third kappa shape index (κ3) is 3.50. The van der Waals surface area contributed by atoms with Crippen molar-refractivity contribution in [1.29, 1.82) is 0 Å². The van der Waals surface area contributed by atoms with Crippen LogP contribution in [0.25, 0.3) is 10.2 Å². The predicted octanol–water partition coefficient (Wildman–Crippen LogP) is 4.77. The van der Waals surface area contributed by atoms with Crippen molar-refractivity contribution in [3.05, 3.63) is 43.9 Å². The molecule has 182 valence electrons. The number of aromatic nitrogens is 3. The molecule has 6 rings (SSSR count). The zero-order valence-corrected chi connectivity index (χ0v) is 20.9. The van der Waals surface area contributed by atoms with Gasteiger partial charge in [0.1, 0.15) is 28.4 Å². The summed E-state index contributed by atoms with van der Waals surface area (Å²) in [5.74, 6) is 0.171. The van der Waals surface area contributed by atoms with Crippen molar-refractivity contribution < 1.29 is 14.3 Å². The fourth-order valence-corrected chi connectivity index (χ4v) is 7.64. The van der Waals surface area contributed by atoms with E-state index in [1.807, 2.05) is 6.92 Å². The molecule has 2 aliphatic carbocycles. The van der Waals surface area contributed by atoms with Gasteiger partial charge < -0.3 is 10.1 Å². The molecular formula is C25H25ClN4O4S. The van der Waals surface area contributed by atoms with Crippen molar-refractivity contribution in [1.82, 2.24) is 14.5 Å². The molecule has 0 saturated heterocycles. The number of Topliss-reactive ketones (excluding diaryl/α,β-unsaturated/α-hetero) is 1. The Morgan fingerprint density at radius 2 is 2.11 bits per heavy atom. The van der Waals surface area contributed by atoms with Crippen LogP contribution in [-0.2, 0) is 27.9 Å². The van der Waals surface area contributed by atoms with Gasteiger partial charge in [-0.2, -0.15) is 0 Å². The van der Waals surface area contributed by atoms with Crippen molar-refractivity contribution in [3.63, 3.8) is 0 Å². The fourth-order valence-electron chi connectivity index (χ4n) is 6.07. The summed E-state index contributed by atoms with van der Waals surface area (Å²) in [6.45, 7) is 2.19. The molecule has 10 heteroatoms. The lowest BCUT2D eigenvalue weighted by Gasteiger charge is -2.26. The van der Waals surface area contributed by atoms with Crippen molar-refractivity contribution in [3.8, 4) is 0 Å². The van der Waals surface area contributed by atoms with Crippen LogP contribution in [0.2, 0.25) is 5.02 Å². The van der Waals surface area contributed by atoms with E-state index in [9.17, 15) is 14.4 Å². The number of thiophene rings is 1. The zero-order chi connectivity index (χ0) is 24.3. The van der Waals surface area contributed by atoms with Crippen LogP contribution in [-0.4, -0.2) is 32.9 Å². The van der Waals surface area contributed by atoms with E-state index in [2.05, 4.69) is 15.3 Å². The van der Waals surface area contributed by atoms with Crippen LogP contribution in [0.1, 0.15) is 66.4 Å². The summed E-state index contributed by atoms with van der Waals surface area (Å²) in [7, 11) is 0. The zero-order valence-electron chi connectivity index (χ0n) is 19.4. The number of nitrogens with zero attached hydrogens (tertiary/aromatic N) is 3. The molecule has 3 aromatic rings. The molecule has 4 heterocycles. The molecular weight excluding hydrogens is 488 g/mol. The van der Waals surface area contributed by atoms with Gasteiger partial charge in [-0.15, -0.1) is 11.3 Å². The molecule has 35 heavy (non-hydrogen) atoms. The average molecular weight is 513 g/mol. The summed E-state index contributed by atoms with van der Waals surface area (Å²) in [6, 6.07) is 1.55. The van der Waals surface area contributed by atoms with Crippen LogP contribution >= 0.6 is 22.9 Å². The molecule has 1 spiro atoms. The van der Waals surface area contributed by atoms with Crippen molar-refractivity contribution in [2.45, 2.75) is 63.8 Å². The number of aryl methyl sites for hydroxylation is 1. The van der Waals surface area contributed by atoms with Gasteiger partial charge in [0.2, 0.25) is 0 Å². The summed E-state index contributed by atoms with van der Waals surface area (Å²) >= 11 is 8.11. The van der Waals surface area contributed by atoms with Gasteiger partial charge >= 0.3 is 5.97 Å². The Bertz CT molecular complexity index is 1440. The number of ketones is 1. The van der Waals surface area contributed by atoms with Crippen LogP contribution < -0.4 is 10.9 Å². The lowest BCUT2D eigenvalue weighted by atomic mass is 9.88. The third-order valence-corrected chi connectivity index (χ3v) is 9.09. The molecule has 1 N–H and O–H groups in total. The van der Waals surface area contributed by atoms with Crippen LogP contribution in [0.4, 0.5) is 11.5 Å². The van der Waals surface area contributed by atoms with Gasteiger partial charge in [-0.25, -0.2) is 9.97 Å². The molecule has 0 bridgehead atoms. The maximum absolute atomic E-state index is 13.7. The van der Waals surface area contributed by atoms with Gasteiger partial charge in [0.25, 0.3) is 5.56 Å². The molecule has 1 saturated carbocycles. The topological polar surface area (TPSA) is 103 Å². The third-order valence-electron chi connectivity index (χ3n) is 7.64. The summed E-state index contributed by atoms with van der Waals surface area (Å²) in [5, 5.41) is 4.40. The Morgan fingerprint density at radius 1 is 1.31 bits per heavy atom. The SMILES string of the molecule is CCOC(=O)[C@H]1CCc2c(sc3ncnc(Nc4cc(Cl)c5n(c4=O)C4(CCCC4)CC5=O)c23)C1. The highest BCUT2D eigenvalue weighted by Crippen LogP contribution is 2.46. The smallest absolute Gasteiger partial charge is 0.309 e. The number of carbonyl (C=O) groups is 2. The van der Waals surface area contributed by atoms with E-state index in [0.717, 1.165) is 46.3 Å². The quantitative estimate of drug-likeness (QED) is 0.502. The molecule has 1 fully saturated rings. The summed E-state index contributed by atoms with van der Waals surface area (Å²) in [4.78, 5) is 49.6. The van der Waals surface area contributed by atoms with Gasteiger partial charge in [-0.3, -0.25) is 19.0 Å². The highest BCUT2D eigenvalue weighted by atomic mass is 35.5. The average Bonchev–Trinajstić information content (AvgIpc) is 3.53. The second kappa shape index (κ2) is 8.41. The Balaban J connectivity index is 1.41. The number of fused-ring (bicyclic) bond motifs is 5. The van der Waals surface area contributed by atoms with E-state index >= 15 is 0 Å². The first-order valence-corrected chi connectivity index (χ1v) is 13.3. The summed E-state index contributed by atoms with van der Waals surface area (Å²) in [6.07, 6.45) is 7.45. The maximum Gasteiger partial charge on any atom is 0.309 e. The molecule has 3 aliphatic rings. The van der Waals surface area contributed by atoms with E-state index in [1.165, 1.54) is 6.33 Å². The Hall–Kier alpha value is -2.78. The van der Waals surface area contributed by atoms with Crippen molar-refractivity contribution in [2.75, 3.05) is 11.9 Å². The van der Waals surface area contributed by atoms with Gasteiger partial charge in [-0.1, -0.05) is 24.4 Å². The van der Waals surface area contributed by atoms with E-state index in [4.69, 9.17) is 16.3 Å². The minimum atomic E-state index is -0.463. The van der Waals surface area contributed by atoms with E-state index in [-0.39, 0.29) is 28.3 Å². The number of pyridine rings is 1. The standard InChI is InChI=1S/C25H25ClN4O4S/c1-2-34-24(33)13-5-6-14-18(9-13)35-22-19(14)21(27-12-28-22)29-16-10-15(26)20-17(31)11-25(7-3-4-8-25)30(20)23(16)32/h10,12-13H,2-9,11H2,1H3,(H,27,28,29)/t13-/m0/s1. The van der Waals surface area contributed by atoms with Crippen LogP contribution in [0.15, 0.2) is 17.2 Å². The summed E-state index contributed by atoms with van der Waals surface area (Å²) < 4.78 is 6.88. The fraction of sp³-hybridized carbons (Fsp3) is 0.480. The highest BCUT2D eigenvalue weighted by molar-refractivity contribution is 7.19. The molecule has 0 amide bonds. The number of hydrogen-bond donors (Lipinski definition) is 1. The number of esters is 1. The highest BCUT2D eigenvalue weighted by Gasteiger charge is 2.47. The molecule has 0 radical (unpaired) electrons. The first-order chi connectivity index (χ1) is 16.9. The molecule has 8 nitrogen and oxygen atoms in total. The number of halogens is 1. The number of carbonyl (C=O) groups excluding carboxylic acids is 2. The molecule has 3 aromatic heterocycles. The van der Waals surface area contributed by atoms with E-state index in [1.54, 1.807) is 22.0 Å². The Labute approximate surface area is 210 Å². The second-order valence-electron chi connectivity index (χ2n) is 9.65. The lowest BCUT2D eigenvalue weighted by Crippen LogP contribution is -2.37. The number of nitrogens with one attached hydrogen (secondary N) is 1. The van der Waals surface area contributed by atoms with Crippen molar-refractivity contribution in [2.24, 2.45) is 5.92 Å². The first kappa shape index (κ1) is 22.7. The number of rotatable bonds is 4. The minimum absolute atomic E-state index is 0.0620. The second-order valence-corrected chi connectivity index (χ2v) is 11.1. The van der Waals surface area contributed by atoms with Crippen molar-refractivity contribution >= 4 is 56.4 Å². The van der Waals surface area contributed by atoms with E-state index < -0.39 is 5.54 Å². The molecule has 1 aliphatic heterocycles. The maximum atomic E-state index is 13.7. The largest absolute Gasteiger partial charge is 0.466 e. The number of ether oxygens (including phenoxy) is 1. The predicted molar refractivity (Wildman–Crippen MR) is 134 cm³/mol. The van der Waals surface area contributed by atoms with Crippen LogP contribution in [0.3, 0.4) is 0 Å².